The van der Waals surface area contributed by atoms with Crippen LogP contribution in [0.4, 0.5) is 16.3 Å². The summed E-state index contributed by atoms with van der Waals surface area (Å²) < 4.78 is 8.02. The molecule has 3 aromatic carbocycles. The van der Waals surface area contributed by atoms with E-state index in [1.165, 1.54) is 6.33 Å². The number of hydrogen-bond donors (Lipinski definition) is 2. The Morgan fingerprint density at radius 2 is 1.65 bits per heavy atom. The number of nitrogens with two attached hydrogens (primary N) is 1. The number of carbonyl (C=O) groups is 2. The Hall–Kier alpha value is -5.73. The number of nitrogen functional groups attached to an aromatic ring is 1. The smallest absolute Gasteiger partial charge is 0.328 e. The van der Waals surface area contributed by atoms with Crippen molar-refractivity contribution in [1.29, 1.82) is 0 Å². The van der Waals surface area contributed by atoms with Crippen molar-refractivity contribution in [1.82, 2.24) is 30.0 Å². The maximum absolute atomic E-state index is 12.1. The summed E-state index contributed by atoms with van der Waals surface area (Å²) in [5.74, 6) is 8.23. The van der Waals surface area contributed by atoms with E-state index in [4.69, 9.17) is 15.6 Å². The molecule has 5 aromatic rings. The lowest BCUT2D eigenvalue weighted by molar-refractivity contribution is -0.120. The summed E-state index contributed by atoms with van der Waals surface area (Å²) in [6, 6.07) is 25.0. The molecule has 0 aliphatic carbocycles. The van der Waals surface area contributed by atoms with Gasteiger partial charge in [0.1, 0.15) is 29.3 Å². The summed E-state index contributed by atoms with van der Waals surface area (Å²) in [5, 5.41) is 8.18. The minimum absolute atomic E-state index is 0.215. The van der Waals surface area contributed by atoms with Crippen molar-refractivity contribution in [2.45, 2.75) is 38.1 Å². The van der Waals surface area contributed by atoms with Crippen LogP contribution in [0.1, 0.15) is 43.7 Å². The molecule has 0 saturated carbocycles. The monoisotopic (exact) mass is 640 g/mol. The van der Waals surface area contributed by atoms with Crippen molar-refractivity contribution < 1.29 is 14.3 Å². The number of rotatable bonds is 8. The molecule has 7 rings (SSSR count). The van der Waals surface area contributed by atoms with Crippen molar-refractivity contribution in [2.24, 2.45) is 0 Å². The second-order valence-corrected chi connectivity index (χ2v) is 12.0. The molecule has 2 aliphatic rings. The van der Waals surface area contributed by atoms with E-state index in [0.29, 0.717) is 18.8 Å². The van der Waals surface area contributed by atoms with Gasteiger partial charge in [-0.1, -0.05) is 30.0 Å². The first-order valence-corrected chi connectivity index (χ1v) is 16.3. The van der Waals surface area contributed by atoms with Crippen LogP contribution >= 0.6 is 0 Å². The van der Waals surface area contributed by atoms with Gasteiger partial charge in [-0.25, -0.2) is 19.4 Å². The highest BCUT2D eigenvalue weighted by molar-refractivity contribution is 6.05. The zero-order valence-electron chi connectivity index (χ0n) is 26.5. The molecule has 242 valence electrons. The van der Waals surface area contributed by atoms with Gasteiger partial charge in [-0.3, -0.25) is 15.0 Å². The number of nitrogens with one attached hydrogen (secondary N) is 1. The normalized spacial score (nSPS) is 15.6. The van der Waals surface area contributed by atoms with Crippen LogP contribution in [-0.2, 0) is 4.79 Å². The minimum Gasteiger partial charge on any atom is -0.457 e. The Balaban J connectivity index is 0.933. The fraction of sp³-hybridized carbons (Fsp3) is 0.270. The summed E-state index contributed by atoms with van der Waals surface area (Å²) in [7, 11) is 0. The van der Waals surface area contributed by atoms with Gasteiger partial charge < -0.3 is 15.4 Å². The molecule has 11 heteroatoms. The number of likely N-dealkylation sites (tertiary alicyclic amines) is 1. The minimum atomic E-state index is -0.382. The molecule has 0 atom stereocenters. The number of amides is 3. The van der Waals surface area contributed by atoms with E-state index in [2.05, 4.69) is 32.0 Å². The summed E-state index contributed by atoms with van der Waals surface area (Å²) in [4.78, 5) is 36.4. The summed E-state index contributed by atoms with van der Waals surface area (Å²) in [5.41, 5.74) is 10.5. The Bertz CT molecular complexity index is 1970. The maximum atomic E-state index is 12.1. The van der Waals surface area contributed by atoms with Crippen molar-refractivity contribution in [2.75, 3.05) is 36.8 Å². The second-order valence-electron chi connectivity index (χ2n) is 12.0. The molecule has 48 heavy (non-hydrogen) atoms. The number of urea groups is 1. The van der Waals surface area contributed by atoms with Gasteiger partial charge in [-0.2, -0.15) is 5.10 Å². The molecular formula is C37H36N8O3. The van der Waals surface area contributed by atoms with E-state index >= 15 is 0 Å². The molecule has 0 bridgehead atoms. The number of piperidine rings is 1. The first-order chi connectivity index (χ1) is 23.5. The second kappa shape index (κ2) is 13.9. The van der Waals surface area contributed by atoms with Crippen LogP contribution < -0.4 is 20.7 Å². The lowest BCUT2D eigenvalue weighted by Gasteiger charge is -2.32. The number of anilines is 2. The lowest BCUT2D eigenvalue weighted by Crippen LogP contribution is -2.49. The number of hydrogen-bond acceptors (Lipinski definition) is 8. The van der Waals surface area contributed by atoms with Gasteiger partial charge >= 0.3 is 6.03 Å². The lowest BCUT2D eigenvalue weighted by atomic mass is 10.0. The molecule has 4 heterocycles. The van der Waals surface area contributed by atoms with Crippen molar-refractivity contribution >= 4 is 34.5 Å². The molecule has 0 unspecified atom stereocenters. The molecule has 0 radical (unpaired) electrons. The fourth-order valence-corrected chi connectivity index (χ4v) is 6.24. The highest BCUT2D eigenvalue weighted by Crippen LogP contribution is 2.35. The summed E-state index contributed by atoms with van der Waals surface area (Å²) in [6.07, 6.45) is 5.53. The Morgan fingerprint density at radius 3 is 2.40 bits per heavy atom. The van der Waals surface area contributed by atoms with Gasteiger partial charge in [0.2, 0.25) is 5.91 Å². The molecule has 0 spiro atoms. The van der Waals surface area contributed by atoms with Gasteiger partial charge in [0.05, 0.1) is 11.4 Å². The third-order valence-electron chi connectivity index (χ3n) is 8.77. The van der Waals surface area contributed by atoms with E-state index < -0.39 is 0 Å². The van der Waals surface area contributed by atoms with E-state index in [9.17, 15) is 9.59 Å². The average molecular weight is 641 g/mol. The van der Waals surface area contributed by atoms with Crippen molar-refractivity contribution in [3.8, 4) is 34.6 Å². The Kier molecular flexibility index (Phi) is 8.98. The van der Waals surface area contributed by atoms with Crippen LogP contribution in [0, 0.1) is 11.8 Å². The highest BCUT2D eigenvalue weighted by Gasteiger charge is 2.26. The van der Waals surface area contributed by atoms with Gasteiger partial charge in [0, 0.05) is 49.3 Å². The van der Waals surface area contributed by atoms with Crippen LogP contribution in [0.3, 0.4) is 0 Å². The van der Waals surface area contributed by atoms with E-state index in [-0.39, 0.29) is 18.0 Å². The largest absolute Gasteiger partial charge is 0.457 e. The first-order valence-electron chi connectivity index (χ1n) is 16.3. The maximum Gasteiger partial charge on any atom is 0.328 e. The quantitative estimate of drug-likeness (QED) is 0.161. The number of para-hydroxylation sites is 1. The van der Waals surface area contributed by atoms with Crippen LogP contribution in [0.15, 0.2) is 85.2 Å². The van der Waals surface area contributed by atoms with Crippen LogP contribution in [-0.4, -0.2) is 62.8 Å². The van der Waals surface area contributed by atoms with Gasteiger partial charge in [0.25, 0.3) is 0 Å². The van der Waals surface area contributed by atoms with E-state index in [1.54, 1.807) is 4.90 Å². The van der Waals surface area contributed by atoms with Crippen LogP contribution in [0.25, 0.3) is 22.3 Å². The molecule has 2 fully saturated rings. The third kappa shape index (κ3) is 6.84. The molecule has 3 N–H and O–H groups in total. The number of carbonyl (C=O) groups excluding carboxylic acids is 2. The number of ether oxygens (including phenoxy) is 1. The zero-order chi connectivity index (χ0) is 32.9. The first kappa shape index (κ1) is 30.9. The number of imide groups is 1. The van der Waals surface area contributed by atoms with Crippen LogP contribution in [0.2, 0.25) is 0 Å². The van der Waals surface area contributed by atoms with E-state index in [1.807, 2.05) is 83.5 Å². The van der Waals surface area contributed by atoms with Gasteiger partial charge in [-0.15, -0.1) is 0 Å². The standard InChI is InChI=1S/C37H36N8O3/c38-35-33-34(27-12-16-31(17-13-27)48-30-8-4-1-5-9-30)42-45(36(33)40-25-39-35)29-18-22-43(23-19-29)21-6-2-3-7-26-10-14-28(15-11-26)44-24-20-32(46)41-37(44)47/h1,4-5,8-17,25,29H,2,6,18-24H2,(H2,38,39,40)(H,41,46,47). The fourth-order valence-electron chi connectivity index (χ4n) is 6.24. The van der Waals surface area contributed by atoms with Gasteiger partial charge in [-0.05, 0) is 86.5 Å². The number of fused-ring (bicyclic) bond motifs is 1. The number of benzene rings is 3. The molecule has 2 saturated heterocycles. The Labute approximate surface area is 278 Å². The van der Waals surface area contributed by atoms with Crippen molar-refractivity contribution in [3.05, 3.63) is 90.8 Å². The summed E-state index contributed by atoms with van der Waals surface area (Å²) in [6.45, 7) is 3.31. The topological polar surface area (TPSA) is 131 Å². The zero-order valence-corrected chi connectivity index (χ0v) is 26.5. The average Bonchev–Trinajstić information content (AvgIpc) is 3.51. The number of nitrogens with zero attached hydrogens (tertiary/aromatic N) is 6. The summed E-state index contributed by atoms with van der Waals surface area (Å²) >= 11 is 0. The van der Waals surface area contributed by atoms with Gasteiger partial charge in [0.15, 0.2) is 5.65 Å². The third-order valence-corrected chi connectivity index (χ3v) is 8.77. The Morgan fingerprint density at radius 1 is 0.896 bits per heavy atom. The predicted octanol–water partition coefficient (Wildman–Crippen LogP) is 5.78. The molecule has 3 amide bonds. The van der Waals surface area contributed by atoms with Crippen LogP contribution in [0.5, 0.6) is 11.5 Å². The highest BCUT2D eigenvalue weighted by atomic mass is 16.5. The van der Waals surface area contributed by atoms with Crippen molar-refractivity contribution in [3.63, 3.8) is 0 Å². The molecule has 11 nitrogen and oxygen atoms in total. The molecular weight excluding hydrogens is 604 g/mol. The molecule has 2 aromatic heterocycles. The number of unbranched alkanes of at least 4 members (excludes halogenated alkanes) is 1. The molecule has 2 aliphatic heterocycles. The van der Waals surface area contributed by atoms with E-state index in [0.717, 1.165) is 90.4 Å². The SMILES string of the molecule is Nc1ncnc2c1c(-c1ccc(Oc3ccccc3)cc1)nn2C1CCN(CCCC#Cc2ccc(N3CCC(=O)NC3=O)cc2)CC1. The predicted molar refractivity (Wildman–Crippen MR) is 184 cm³/mol. The number of aromatic nitrogens is 4.